The van der Waals surface area contributed by atoms with Crippen LogP contribution in [0.25, 0.3) is 0 Å². The van der Waals surface area contributed by atoms with Gasteiger partial charge in [-0.25, -0.2) is 0 Å². The zero-order valence-corrected chi connectivity index (χ0v) is 18.6. The lowest BCUT2D eigenvalue weighted by Crippen LogP contribution is -2.21. The summed E-state index contributed by atoms with van der Waals surface area (Å²) >= 11 is 21.6. The number of carbonyl (C=O) groups is 1. The minimum Gasteiger partial charge on any atom is -0.358 e. The molecule has 0 bridgehead atoms. The quantitative estimate of drug-likeness (QED) is 0.373. The van der Waals surface area contributed by atoms with Gasteiger partial charge in [0, 0.05) is 21.8 Å². The van der Waals surface area contributed by atoms with E-state index in [9.17, 15) is 14.9 Å². The Morgan fingerprint density at radius 3 is 2.48 bits per heavy atom. The number of amides is 1. The van der Waals surface area contributed by atoms with E-state index in [4.69, 9.17) is 34.8 Å². The summed E-state index contributed by atoms with van der Waals surface area (Å²) in [6.45, 7) is 1.61. The van der Waals surface area contributed by atoms with Gasteiger partial charge in [-0.1, -0.05) is 40.9 Å². The molecule has 3 aromatic rings. The first-order valence-corrected chi connectivity index (χ1v) is 9.93. The lowest BCUT2D eigenvalue weighted by molar-refractivity contribution is -0.390. The molecule has 0 unspecified atom stereocenters. The Morgan fingerprint density at radius 2 is 1.90 bits per heavy atom. The van der Waals surface area contributed by atoms with Gasteiger partial charge >= 0.3 is 5.82 Å². The van der Waals surface area contributed by atoms with Crippen molar-refractivity contribution in [1.29, 1.82) is 0 Å². The van der Waals surface area contributed by atoms with E-state index in [0.29, 0.717) is 21.3 Å². The van der Waals surface area contributed by atoms with Crippen LogP contribution < -0.4 is 5.32 Å². The summed E-state index contributed by atoms with van der Waals surface area (Å²) in [7, 11) is 0. The lowest BCUT2D eigenvalue weighted by Gasteiger charge is -2.07. The Balaban J connectivity index is 1.74. The normalized spacial score (nSPS) is 10.9. The van der Waals surface area contributed by atoms with Gasteiger partial charge in [-0.05, 0) is 39.9 Å². The third-order valence-electron chi connectivity index (χ3n) is 3.94. The number of aromatic nitrogens is 4. The molecule has 29 heavy (non-hydrogen) atoms. The monoisotopic (exact) mass is 520 g/mol. The average Bonchev–Trinajstić information content (AvgIpc) is 3.12. The van der Waals surface area contributed by atoms with Gasteiger partial charge in [-0.3, -0.25) is 9.48 Å². The molecule has 0 fully saturated rings. The van der Waals surface area contributed by atoms with Crippen LogP contribution in [-0.4, -0.2) is 30.4 Å². The minimum absolute atomic E-state index is 0.137. The molecule has 1 aromatic carbocycles. The number of rotatable bonds is 6. The molecule has 1 amide bonds. The summed E-state index contributed by atoms with van der Waals surface area (Å²) in [6.07, 6.45) is 1.53. The number of halogens is 4. The molecular formula is C16H12BrCl3N6O3. The number of nitro groups is 1. The highest BCUT2D eigenvalue weighted by molar-refractivity contribution is 9.10. The molecule has 0 atom stereocenters. The number of anilines is 1. The van der Waals surface area contributed by atoms with Gasteiger partial charge in [0.2, 0.25) is 5.91 Å². The van der Waals surface area contributed by atoms with E-state index < -0.39 is 10.8 Å². The van der Waals surface area contributed by atoms with Crippen LogP contribution in [0.5, 0.6) is 0 Å². The first kappa shape index (κ1) is 21.6. The second-order valence-corrected chi connectivity index (χ2v) is 7.92. The van der Waals surface area contributed by atoms with E-state index in [1.807, 2.05) is 0 Å². The van der Waals surface area contributed by atoms with E-state index in [1.54, 1.807) is 25.1 Å². The molecule has 0 spiro atoms. The fraction of sp³-hybridized carbons (Fsp3) is 0.188. The van der Waals surface area contributed by atoms with Gasteiger partial charge in [-0.15, -0.1) is 0 Å². The van der Waals surface area contributed by atoms with Crippen LogP contribution in [0.2, 0.25) is 15.1 Å². The zero-order valence-electron chi connectivity index (χ0n) is 14.7. The first-order chi connectivity index (χ1) is 13.7. The molecule has 2 aromatic heterocycles. The van der Waals surface area contributed by atoms with E-state index in [2.05, 4.69) is 31.4 Å². The van der Waals surface area contributed by atoms with Crippen molar-refractivity contribution in [3.8, 4) is 0 Å². The van der Waals surface area contributed by atoms with Crippen molar-refractivity contribution in [2.45, 2.75) is 20.0 Å². The molecule has 0 saturated carbocycles. The van der Waals surface area contributed by atoms with Crippen molar-refractivity contribution in [2.24, 2.45) is 0 Å². The van der Waals surface area contributed by atoms with Gasteiger partial charge in [0.05, 0.1) is 17.3 Å². The second-order valence-electron chi connectivity index (χ2n) is 5.91. The minimum atomic E-state index is -0.635. The molecule has 152 valence electrons. The maximum Gasteiger partial charge on any atom is 0.404 e. The summed E-state index contributed by atoms with van der Waals surface area (Å²) in [5, 5.41) is 22.7. The molecule has 13 heteroatoms. The van der Waals surface area contributed by atoms with Crippen LogP contribution in [0.1, 0.15) is 11.3 Å². The Bertz CT molecular complexity index is 1090. The highest BCUT2D eigenvalue weighted by atomic mass is 79.9. The van der Waals surface area contributed by atoms with Gasteiger partial charge in [0.1, 0.15) is 16.0 Å². The van der Waals surface area contributed by atoms with Crippen molar-refractivity contribution in [3.05, 3.63) is 65.3 Å². The summed E-state index contributed by atoms with van der Waals surface area (Å²) < 4.78 is 2.92. The second kappa shape index (κ2) is 8.70. The fourth-order valence-corrected chi connectivity index (χ4v) is 3.64. The maximum atomic E-state index is 12.3. The number of hydrogen-bond donors (Lipinski definition) is 1. The van der Waals surface area contributed by atoms with Crippen molar-refractivity contribution < 1.29 is 9.72 Å². The molecule has 0 aliphatic carbocycles. The summed E-state index contributed by atoms with van der Waals surface area (Å²) in [4.78, 5) is 22.7. The van der Waals surface area contributed by atoms with E-state index >= 15 is 0 Å². The molecule has 0 aliphatic heterocycles. The van der Waals surface area contributed by atoms with E-state index in [0.717, 1.165) is 0 Å². The summed E-state index contributed by atoms with van der Waals surface area (Å²) in [6, 6.07) is 5.15. The van der Waals surface area contributed by atoms with Crippen LogP contribution in [0.15, 0.2) is 28.9 Å². The predicted octanol–water partition coefficient (Wildman–Crippen LogP) is 4.71. The van der Waals surface area contributed by atoms with Crippen LogP contribution in [0.3, 0.4) is 0 Å². The van der Waals surface area contributed by atoms with Crippen LogP contribution in [-0.2, 0) is 17.9 Å². The Labute approximate surface area is 187 Å². The smallest absolute Gasteiger partial charge is 0.358 e. The first-order valence-electron chi connectivity index (χ1n) is 8.00. The van der Waals surface area contributed by atoms with Crippen LogP contribution in [0.4, 0.5) is 11.6 Å². The predicted molar refractivity (Wildman–Crippen MR) is 113 cm³/mol. The summed E-state index contributed by atoms with van der Waals surface area (Å²) in [5.41, 5.74) is 1.11. The molecule has 0 saturated heterocycles. The Hall–Kier alpha value is -2.14. The van der Waals surface area contributed by atoms with Gasteiger partial charge < -0.3 is 15.4 Å². The van der Waals surface area contributed by atoms with E-state index in [1.165, 1.54) is 15.6 Å². The number of benzene rings is 1. The topological polar surface area (TPSA) is 108 Å². The molecule has 0 aliphatic rings. The highest BCUT2D eigenvalue weighted by Crippen LogP contribution is 2.28. The van der Waals surface area contributed by atoms with E-state index in [-0.39, 0.29) is 34.2 Å². The molecule has 3 rings (SSSR count). The van der Waals surface area contributed by atoms with Crippen LogP contribution in [0, 0.1) is 17.0 Å². The third-order valence-corrected chi connectivity index (χ3v) is 5.85. The van der Waals surface area contributed by atoms with Crippen molar-refractivity contribution in [2.75, 3.05) is 5.32 Å². The SMILES string of the molecule is Cc1c(Br)c([N+](=O)[O-])nn1CC(=O)Nc1nn(Cc2c(Cl)cccc2Cl)cc1Cl. The molecular weight excluding hydrogens is 510 g/mol. The largest absolute Gasteiger partial charge is 0.404 e. The average molecular weight is 523 g/mol. The zero-order chi connectivity index (χ0) is 21.3. The number of carbonyl (C=O) groups excluding carboxylic acids is 1. The fourth-order valence-electron chi connectivity index (χ4n) is 2.49. The number of nitrogens with zero attached hydrogens (tertiary/aromatic N) is 5. The van der Waals surface area contributed by atoms with Crippen molar-refractivity contribution in [1.82, 2.24) is 19.6 Å². The third kappa shape index (κ3) is 4.72. The maximum absolute atomic E-state index is 12.3. The standard InChI is InChI=1S/C16H12BrCl3N6O3/c1-8-14(17)16(26(28)29)23-25(8)7-13(27)21-15-12(20)6-24(22-15)5-9-10(18)3-2-4-11(9)19/h2-4,6H,5,7H2,1H3,(H,21,22,27). The van der Waals surface area contributed by atoms with Crippen molar-refractivity contribution >= 4 is 68.3 Å². The Morgan fingerprint density at radius 1 is 1.24 bits per heavy atom. The van der Waals surface area contributed by atoms with Gasteiger partial charge in [0.15, 0.2) is 5.82 Å². The van der Waals surface area contributed by atoms with Crippen molar-refractivity contribution in [3.63, 3.8) is 0 Å². The molecule has 2 heterocycles. The highest BCUT2D eigenvalue weighted by Gasteiger charge is 2.25. The van der Waals surface area contributed by atoms with Gasteiger partial charge in [-0.2, -0.15) is 9.78 Å². The van der Waals surface area contributed by atoms with Crippen LogP contribution >= 0.6 is 50.7 Å². The Kier molecular flexibility index (Phi) is 6.47. The lowest BCUT2D eigenvalue weighted by atomic mass is 10.2. The number of hydrogen-bond acceptors (Lipinski definition) is 5. The van der Waals surface area contributed by atoms with Gasteiger partial charge in [0.25, 0.3) is 0 Å². The molecule has 0 radical (unpaired) electrons. The number of nitrogens with one attached hydrogen (secondary N) is 1. The summed E-state index contributed by atoms with van der Waals surface area (Å²) in [5.74, 6) is -0.728. The molecule has 9 nitrogen and oxygen atoms in total. The molecule has 1 N–H and O–H groups in total.